The Bertz CT molecular complexity index is 358. The molecule has 0 atom stereocenters. The Balaban J connectivity index is 2.53. The molecule has 7 heteroatoms. The van der Waals surface area contributed by atoms with Crippen molar-refractivity contribution in [2.45, 2.75) is 12.8 Å². The van der Waals surface area contributed by atoms with Crippen molar-refractivity contribution in [1.29, 1.82) is 0 Å². The predicted octanol–water partition coefficient (Wildman–Crippen LogP) is -0.197. The van der Waals surface area contributed by atoms with E-state index < -0.39 is 22.1 Å². The number of nitrogens with zero attached hydrogens (tertiary/aromatic N) is 1. The Labute approximate surface area is 95.1 Å². The molecule has 1 rings (SSSR count). The van der Waals surface area contributed by atoms with Gasteiger partial charge in [0.25, 0.3) is 10.2 Å². The highest BCUT2D eigenvalue weighted by molar-refractivity contribution is 7.87. The van der Waals surface area contributed by atoms with Crippen molar-refractivity contribution in [3.63, 3.8) is 0 Å². The lowest BCUT2D eigenvalue weighted by Crippen LogP contribution is -2.45. The predicted molar refractivity (Wildman–Crippen MR) is 59.1 cm³/mol. The average Bonchev–Trinajstić information content (AvgIpc) is 2.26. The van der Waals surface area contributed by atoms with Crippen molar-refractivity contribution in [3.05, 3.63) is 12.7 Å². The van der Waals surface area contributed by atoms with Gasteiger partial charge in [-0.25, -0.2) is 0 Å². The normalized spacial score (nSPS) is 19.5. The summed E-state index contributed by atoms with van der Waals surface area (Å²) >= 11 is 0. The highest BCUT2D eigenvalue weighted by atomic mass is 32.2. The van der Waals surface area contributed by atoms with Crippen LogP contribution in [0.2, 0.25) is 0 Å². The lowest BCUT2D eigenvalue weighted by atomic mass is 9.99. The van der Waals surface area contributed by atoms with Crippen LogP contribution >= 0.6 is 0 Å². The van der Waals surface area contributed by atoms with Crippen LogP contribution in [-0.4, -0.2) is 43.4 Å². The summed E-state index contributed by atoms with van der Waals surface area (Å²) in [4.78, 5) is 10.7. The van der Waals surface area contributed by atoms with Crippen molar-refractivity contribution >= 4 is 16.2 Å². The molecular weight excluding hydrogens is 232 g/mol. The molecule has 0 amide bonds. The van der Waals surface area contributed by atoms with Gasteiger partial charge in [0.05, 0.1) is 5.92 Å². The minimum Gasteiger partial charge on any atom is -0.481 e. The van der Waals surface area contributed by atoms with Crippen LogP contribution in [0.5, 0.6) is 0 Å². The number of hydrogen-bond donors (Lipinski definition) is 2. The summed E-state index contributed by atoms with van der Waals surface area (Å²) in [7, 11) is -3.48. The second kappa shape index (κ2) is 5.42. The van der Waals surface area contributed by atoms with Gasteiger partial charge in [0.15, 0.2) is 0 Å². The number of carbonyl (C=O) groups is 1. The molecule has 0 radical (unpaired) electrons. The highest BCUT2D eigenvalue weighted by Gasteiger charge is 2.30. The van der Waals surface area contributed by atoms with Crippen LogP contribution in [0.1, 0.15) is 12.8 Å². The topological polar surface area (TPSA) is 86.7 Å². The molecule has 0 saturated carbocycles. The number of rotatable bonds is 5. The Kier molecular flexibility index (Phi) is 4.45. The summed E-state index contributed by atoms with van der Waals surface area (Å²) in [6.07, 6.45) is 2.19. The summed E-state index contributed by atoms with van der Waals surface area (Å²) in [5.74, 6) is -1.28. The Hall–Kier alpha value is -0.920. The van der Waals surface area contributed by atoms with Crippen molar-refractivity contribution in [3.8, 4) is 0 Å². The standard InChI is InChI=1S/C9H16N2O4S/c1-2-5-10-16(14,15)11-6-3-8(4-7-11)9(12)13/h2,8,10H,1,3-7H2,(H,12,13). The number of carboxylic acids is 1. The Morgan fingerprint density at radius 2 is 2.06 bits per heavy atom. The van der Waals surface area contributed by atoms with Gasteiger partial charge in [0.1, 0.15) is 0 Å². The van der Waals surface area contributed by atoms with E-state index >= 15 is 0 Å². The third kappa shape index (κ3) is 3.29. The molecule has 1 fully saturated rings. The fraction of sp³-hybridized carbons (Fsp3) is 0.667. The summed E-state index contributed by atoms with van der Waals surface area (Å²) in [6, 6.07) is 0. The van der Waals surface area contributed by atoms with Crippen LogP contribution in [0.15, 0.2) is 12.7 Å². The lowest BCUT2D eigenvalue weighted by molar-refractivity contribution is -0.142. The second-order valence-corrected chi connectivity index (χ2v) is 5.41. The second-order valence-electron chi connectivity index (χ2n) is 3.65. The first-order valence-electron chi connectivity index (χ1n) is 5.06. The van der Waals surface area contributed by atoms with E-state index in [0.29, 0.717) is 12.8 Å². The quantitative estimate of drug-likeness (QED) is 0.660. The molecule has 0 spiro atoms. The number of hydrogen-bond acceptors (Lipinski definition) is 3. The molecule has 1 heterocycles. The Morgan fingerprint density at radius 1 is 1.50 bits per heavy atom. The van der Waals surface area contributed by atoms with Crippen LogP contribution in [0.3, 0.4) is 0 Å². The third-order valence-electron chi connectivity index (χ3n) is 2.55. The van der Waals surface area contributed by atoms with E-state index in [-0.39, 0.29) is 19.6 Å². The first kappa shape index (κ1) is 13.1. The van der Waals surface area contributed by atoms with E-state index in [0.717, 1.165) is 0 Å². The summed E-state index contributed by atoms with van der Waals surface area (Å²) in [5, 5.41) is 8.77. The van der Waals surface area contributed by atoms with Gasteiger partial charge in [-0.05, 0) is 12.8 Å². The summed E-state index contributed by atoms with van der Waals surface area (Å²) < 4.78 is 26.9. The SMILES string of the molecule is C=CCNS(=O)(=O)N1CCC(C(=O)O)CC1. The fourth-order valence-electron chi connectivity index (χ4n) is 1.60. The van der Waals surface area contributed by atoms with Crippen LogP contribution in [0.25, 0.3) is 0 Å². The molecule has 0 aromatic heterocycles. The van der Waals surface area contributed by atoms with E-state index in [4.69, 9.17) is 5.11 Å². The average molecular weight is 248 g/mol. The molecule has 1 saturated heterocycles. The molecule has 0 aromatic carbocycles. The van der Waals surface area contributed by atoms with Gasteiger partial charge in [-0.15, -0.1) is 6.58 Å². The van der Waals surface area contributed by atoms with Crippen molar-refractivity contribution < 1.29 is 18.3 Å². The smallest absolute Gasteiger partial charge is 0.306 e. The summed E-state index contributed by atoms with van der Waals surface area (Å²) in [6.45, 7) is 4.11. The van der Waals surface area contributed by atoms with Gasteiger partial charge in [0, 0.05) is 19.6 Å². The van der Waals surface area contributed by atoms with Gasteiger partial charge in [-0.3, -0.25) is 4.79 Å². The molecule has 2 N–H and O–H groups in total. The van der Waals surface area contributed by atoms with E-state index in [9.17, 15) is 13.2 Å². The van der Waals surface area contributed by atoms with E-state index in [1.165, 1.54) is 10.4 Å². The lowest BCUT2D eigenvalue weighted by Gasteiger charge is -2.29. The van der Waals surface area contributed by atoms with E-state index in [1.807, 2.05) is 0 Å². The number of aliphatic carboxylic acids is 1. The van der Waals surface area contributed by atoms with Gasteiger partial charge < -0.3 is 5.11 Å². The summed E-state index contributed by atoms with van der Waals surface area (Å²) in [5.41, 5.74) is 0. The number of nitrogens with one attached hydrogen (secondary N) is 1. The maximum absolute atomic E-state index is 11.6. The fourth-order valence-corrected chi connectivity index (χ4v) is 2.80. The van der Waals surface area contributed by atoms with Gasteiger partial charge >= 0.3 is 5.97 Å². The molecule has 0 unspecified atom stereocenters. The molecule has 1 aliphatic heterocycles. The monoisotopic (exact) mass is 248 g/mol. The van der Waals surface area contributed by atoms with E-state index in [2.05, 4.69) is 11.3 Å². The first-order chi connectivity index (χ1) is 7.47. The largest absolute Gasteiger partial charge is 0.481 e. The highest BCUT2D eigenvalue weighted by Crippen LogP contribution is 2.18. The van der Waals surface area contributed by atoms with Crippen LogP contribution in [0, 0.1) is 5.92 Å². The maximum atomic E-state index is 11.6. The molecular formula is C9H16N2O4S. The molecule has 92 valence electrons. The van der Waals surface area contributed by atoms with Crippen LogP contribution in [-0.2, 0) is 15.0 Å². The van der Waals surface area contributed by atoms with Crippen LogP contribution in [0.4, 0.5) is 0 Å². The maximum Gasteiger partial charge on any atom is 0.306 e. The van der Waals surface area contributed by atoms with Crippen molar-refractivity contribution in [1.82, 2.24) is 9.03 Å². The molecule has 1 aliphatic rings. The molecule has 6 nitrogen and oxygen atoms in total. The zero-order valence-corrected chi connectivity index (χ0v) is 9.74. The van der Waals surface area contributed by atoms with Crippen molar-refractivity contribution in [2.75, 3.05) is 19.6 Å². The minimum atomic E-state index is -3.48. The number of carboxylic acid groups (broad SMARTS) is 1. The zero-order chi connectivity index (χ0) is 12.2. The molecule has 0 bridgehead atoms. The third-order valence-corrected chi connectivity index (χ3v) is 4.13. The van der Waals surface area contributed by atoms with Gasteiger partial charge in [-0.2, -0.15) is 17.4 Å². The molecule has 16 heavy (non-hydrogen) atoms. The van der Waals surface area contributed by atoms with E-state index in [1.54, 1.807) is 0 Å². The van der Waals surface area contributed by atoms with Gasteiger partial charge in [-0.1, -0.05) is 6.08 Å². The Morgan fingerprint density at radius 3 is 2.50 bits per heavy atom. The number of piperidine rings is 1. The van der Waals surface area contributed by atoms with Crippen molar-refractivity contribution in [2.24, 2.45) is 5.92 Å². The molecule has 0 aliphatic carbocycles. The first-order valence-corrected chi connectivity index (χ1v) is 6.50. The van der Waals surface area contributed by atoms with Gasteiger partial charge in [0.2, 0.25) is 0 Å². The zero-order valence-electron chi connectivity index (χ0n) is 8.92. The minimum absolute atomic E-state index is 0.182. The van der Waals surface area contributed by atoms with Crippen LogP contribution < -0.4 is 4.72 Å². The molecule has 0 aromatic rings.